The van der Waals surface area contributed by atoms with Crippen LogP contribution in [0.5, 0.6) is 0 Å². The van der Waals surface area contributed by atoms with Crippen LogP contribution < -0.4 is 0 Å². The Balaban J connectivity index is 1.87. The number of aromatic nitrogens is 1. The number of aryl methyl sites for hydroxylation is 1. The Kier molecular flexibility index (Phi) is 6.15. The highest BCUT2D eigenvalue weighted by molar-refractivity contribution is 5.96. The number of carbonyl (C=O) groups excluding carboxylic acids is 1. The van der Waals surface area contributed by atoms with Crippen molar-refractivity contribution in [2.75, 3.05) is 0 Å². The van der Waals surface area contributed by atoms with Gasteiger partial charge in [-0.2, -0.15) is 0 Å². The molecule has 0 saturated carbocycles. The molecule has 1 atom stereocenters. The minimum absolute atomic E-state index is 0.0109. The molecule has 3 rings (SSSR count). The Morgan fingerprint density at radius 1 is 1.10 bits per heavy atom. The molecule has 0 radical (unpaired) electrons. The molecule has 2 aromatic carbocycles. The SMILES string of the molecule is Cc1noc(C[C@H](CC(=O)c2ccc(C(C)(C)C)cc2)c2ccccc2)c1[N+](=O)[O-]. The molecule has 6 heteroatoms. The van der Waals surface area contributed by atoms with Crippen LogP contribution in [-0.2, 0) is 11.8 Å². The number of nitrogens with zero attached hydrogens (tertiary/aromatic N) is 2. The molecular formula is C24H26N2O4. The lowest BCUT2D eigenvalue weighted by atomic mass is 9.85. The van der Waals surface area contributed by atoms with Gasteiger partial charge in [-0.05, 0) is 29.4 Å². The lowest BCUT2D eigenvalue weighted by molar-refractivity contribution is -0.386. The molecule has 0 unspecified atom stereocenters. The Morgan fingerprint density at radius 2 is 1.73 bits per heavy atom. The van der Waals surface area contributed by atoms with E-state index in [0.29, 0.717) is 5.56 Å². The quantitative estimate of drug-likeness (QED) is 0.282. The molecule has 0 aliphatic heterocycles. The fraction of sp³-hybridized carbons (Fsp3) is 0.333. The number of ketones is 1. The number of Topliss-reactive ketones (excluding diaryl/α,β-unsaturated/α-hetero) is 1. The first kappa shape index (κ1) is 21.4. The number of hydrogen-bond acceptors (Lipinski definition) is 5. The largest absolute Gasteiger partial charge is 0.354 e. The molecule has 30 heavy (non-hydrogen) atoms. The first-order chi connectivity index (χ1) is 14.2. The highest BCUT2D eigenvalue weighted by Crippen LogP contribution is 2.32. The van der Waals surface area contributed by atoms with Crippen molar-refractivity contribution < 1.29 is 14.2 Å². The Morgan fingerprint density at radius 3 is 2.30 bits per heavy atom. The van der Waals surface area contributed by atoms with Gasteiger partial charge in [0.1, 0.15) is 0 Å². The van der Waals surface area contributed by atoms with Crippen molar-refractivity contribution in [1.82, 2.24) is 5.16 Å². The summed E-state index contributed by atoms with van der Waals surface area (Å²) in [6.07, 6.45) is 0.447. The van der Waals surface area contributed by atoms with E-state index in [1.54, 1.807) is 6.92 Å². The van der Waals surface area contributed by atoms with E-state index >= 15 is 0 Å². The van der Waals surface area contributed by atoms with Crippen molar-refractivity contribution in [2.45, 2.75) is 51.9 Å². The number of hydrogen-bond donors (Lipinski definition) is 0. The van der Waals surface area contributed by atoms with Crippen LogP contribution in [-0.4, -0.2) is 15.9 Å². The molecule has 1 heterocycles. The zero-order valence-corrected chi connectivity index (χ0v) is 17.7. The highest BCUT2D eigenvalue weighted by atomic mass is 16.6. The van der Waals surface area contributed by atoms with Gasteiger partial charge in [0.2, 0.25) is 5.76 Å². The van der Waals surface area contributed by atoms with E-state index in [0.717, 1.165) is 11.1 Å². The maximum Gasteiger partial charge on any atom is 0.334 e. The number of benzene rings is 2. The topological polar surface area (TPSA) is 86.2 Å². The van der Waals surface area contributed by atoms with Gasteiger partial charge < -0.3 is 4.52 Å². The summed E-state index contributed by atoms with van der Waals surface area (Å²) >= 11 is 0. The molecule has 0 N–H and O–H groups in total. The summed E-state index contributed by atoms with van der Waals surface area (Å²) < 4.78 is 5.25. The standard InChI is InChI=1S/C24H26N2O4/c1-16-23(26(28)29)22(30-25-16)15-19(17-8-6-5-7-9-17)14-21(27)18-10-12-20(13-11-18)24(2,3)4/h5-13,19H,14-15H2,1-4H3/t19-/m0/s1. The van der Waals surface area contributed by atoms with Crippen LogP contribution in [0, 0.1) is 17.0 Å². The van der Waals surface area contributed by atoms with E-state index < -0.39 is 4.92 Å². The van der Waals surface area contributed by atoms with Crippen LogP contribution in [0.25, 0.3) is 0 Å². The molecule has 0 aliphatic rings. The van der Waals surface area contributed by atoms with E-state index in [-0.39, 0.29) is 47.1 Å². The van der Waals surface area contributed by atoms with Crippen molar-refractivity contribution in [2.24, 2.45) is 0 Å². The average molecular weight is 406 g/mol. The molecule has 0 saturated heterocycles. The van der Waals surface area contributed by atoms with Gasteiger partial charge in [0.05, 0.1) is 4.92 Å². The lowest BCUT2D eigenvalue weighted by Gasteiger charge is -2.19. The van der Waals surface area contributed by atoms with Gasteiger partial charge in [0.15, 0.2) is 11.5 Å². The molecule has 6 nitrogen and oxygen atoms in total. The second kappa shape index (κ2) is 8.61. The maximum atomic E-state index is 13.0. The average Bonchev–Trinajstić information content (AvgIpc) is 3.08. The van der Waals surface area contributed by atoms with Gasteiger partial charge >= 0.3 is 5.69 Å². The summed E-state index contributed by atoms with van der Waals surface area (Å²) in [6.45, 7) is 7.93. The number of rotatable bonds is 7. The third kappa shape index (κ3) is 4.82. The van der Waals surface area contributed by atoms with Crippen molar-refractivity contribution in [3.05, 3.63) is 92.9 Å². The van der Waals surface area contributed by atoms with Crippen LogP contribution >= 0.6 is 0 Å². The predicted molar refractivity (Wildman–Crippen MR) is 115 cm³/mol. The third-order valence-electron chi connectivity index (χ3n) is 5.29. The summed E-state index contributed by atoms with van der Waals surface area (Å²) in [5.41, 5.74) is 2.86. The fourth-order valence-electron chi connectivity index (χ4n) is 3.53. The first-order valence-electron chi connectivity index (χ1n) is 9.95. The highest BCUT2D eigenvalue weighted by Gasteiger charge is 2.28. The van der Waals surface area contributed by atoms with E-state index in [1.807, 2.05) is 54.6 Å². The van der Waals surface area contributed by atoms with Gasteiger partial charge in [-0.25, -0.2) is 0 Å². The molecule has 3 aromatic rings. The van der Waals surface area contributed by atoms with Crippen LogP contribution in [0.15, 0.2) is 59.1 Å². The zero-order valence-electron chi connectivity index (χ0n) is 17.7. The van der Waals surface area contributed by atoms with Crippen LogP contribution in [0.3, 0.4) is 0 Å². The van der Waals surface area contributed by atoms with Crippen LogP contribution in [0.2, 0.25) is 0 Å². The summed E-state index contributed by atoms with van der Waals surface area (Å²) in [4.78, 5) is 24.0. The van der Waals surface area contributed by atoms with E-state index in [2.05, 4.69) is 25.9 Å². The second-order valence-electron chi connectivity index (χ2n) is 8.56. The minimum atomic E-state index is -0.476. The summed E-state index contributed by atoms with van der Waals surface area (Å²) in [7, 11) is 0. The number of carbonyl (C=O) groups is 1. The number of nitro groups is 1. The third-order valence-corrected chi connectivity index (χ3v) is 5.29. The molecule has 1 aromatic heterocycles. The molecule has 0 aliphatic carbocycles. The van der Waals surface area contributed by atoms with Crippen molar-refractivity contribution in [3.63, 3.8) is 0 Å². The maximum absolute atomic E-state index is 13.0. The van der Waals surface area contributed by atoms with Crippen molar-refractivity contribution >= 4 is 11.5 Å². The molecular weight excluding hydrogens is 380 g/mol. The van der Waals surface area contributed by atoms with Gasteiger partial charge in [0.25, 0.3) is 0 Å². The molecule has 0 amide bonds. The van der Waals surface area contributed by atoms with E-state index in [9.17, 15) is 14.9 Å². The second-order valence-corrected chi connectivity index (χ2v) is 8.56. The van der Waals surface area contributed by atoms with Gasteiger partial charge in [-0.3, -0.25) is 14.9 Å². The van der Waals surface area contributed by atoms with E-state index in [1.165, 1.54) is 0 Å². The zero-order chi connectivity index (χ0) is 21.9. The van der Waals surface area contributed by atoms with Crippen molar-refractivity contribution in [3.8, 4) is 0 Å². The Labute approximate surface area is 176 Å². The first-order valence-corrected chi connectivity index (χ1v) is 9.95. The normalized spacial score (nSPS) is 12.5. The Bertz CT molecular complexity index is 1030. The van der Waals surface area contributed by atoms with Gasteiger partial charge in [-0.15, -0.1) is 0 Å². The predicted octanol–water partition coefficient (Wildman–Crippen LogP) is 5.79. The molecule has 0 bridgehead atoms. The van der Waals surface area contributed by atoms with Gasteiger partial charge in [0, 0.05) is 18.4 Å². The fourth-order valence-corrected chi connectivity index (χ4v) is 3.53. The van der Waals surface area contributed by atoms with Crippen LogP contribution in [0.1, 0.15) is 66.0 Å². The van der Waals surface area contributed by atoms with Gasteiger partial charge in [-0.1, -0.05) is 80.5 Å². The molecule has 0 spiro atoms. The molecule has 0 fully saturated rings. The van der Waals surface area contributed by atoms with E-state index in [4.69, 9.17) is 4.52 Å². The summed E-state index contributed by atoms with van der Waals surface area (Å²) in [6, 6.07) is 17.2. The summed E-state index contributed by atoms with van der Waals surface area (Å²) in [5.74, 6) is -0.0718. The van der Waals surface area contributed by atoms with Crippen LogP contribution in [0.4, 0.5) is 5.69 Å². The monoisotopic (exact) mass is 406 g/mol. The smallest absolute Gasteiger partial charge is 0.334 e. The minimum Gasteiger partial charge on any atom is -0.354 e. The Hall–Kier alpha value is -3.28. The lowest BCUT2D eigenvalue weighted by Crippen LogP contribution is -2.13. The van der Waals surface area contributed by atoms with Crippen molar-refractivity contribution in [1.29, 1.82) is 0 Å². The molecule has 156 valence electrons. The summed E-state index contributed by atoms with van der Waals surface area (Å²) in [5, 5.41) is 15.2.